The summed E-state index contributed by atoms with van der Waals surface area (Å²) in [5.74, 6) is 0.321. The zero-order chi connectivity index (χ0) is 15.6. The Bertz CT molecular complexity index is 701. The molecule has 0 nitrogen and oxygen atoms in total. The van der Waals surface area contributed by atoms with Gasteiger partial charge in [0.1, 0.15) is 0 Å². The van der Waals surface area contributed by atoms with Crippen LogP contribution in [0.15, 0.2) is 71.4 Å². The van der Waals surface area contributed by atoms with Gasteiger partial charge in [0, 0.05) is 5.92 Å². The summed E-state index contributed by atoms with van der Waals surface area (Å²) >= 11 is 1.76. The van der Waals surface area contributed by atoms with Gasteiger partial charge < -0.3 is 0 Å². The summed E-state index contributed by atoms with van der Waals surface area (Å²) in [6.07, 6.45) is 0. The fourth-order valence-corrected chi connectivity index (χ4v) is 3.52. The van der Waals surface area contributed by atoms with Crippen LogP contribution < -0.4 is 0 Å². The number of rotatable bonds is 3. The highest BCUT2D eigenvalue weighted by Crippen LogP contribution is 2.34. The number of hydrogen-bond acceptors (Lipinski definition) is 1. The fraction of sp³-hybridized carbons (Fsp3) is 0.238. The molecule has 0 N–H and O–H groups in total. The summed E-state index contributed by atoms with van der Waals surface area (Å²) in [6, 6.07) is 22.1. The van der Waals surface area contributed by atoms with Crippen molar-refractivity contribution in [3.05, 3.63) is 93.7 Å². The average Bonchev–Trinajstić information content (AvgIpc) is 3.02. The molecule has 2 aromatic carbocycles. The Balaban J connectivity index is 2.04. The van der Waals surface area contributed by atoms with Gasteiger partial charge in [0.05, 0.1) is 0 Å². The molecule has 0 aliphatic carbocycles. The summed E-state index contributed by atoms with van der Waals surface area (Å²) in [5.41, 5.74) is 5.67. The maximum Gasteiger partial charge on any atom is 0.0348 e. The van der Waals surface area contributed by atoms with Gasteiger partial charge in [-0.3, -0.25) is 0 Å². The summed E-state index contributed by atoms with van der Waals surface area (Å²) in [5, 5.41) is 4.42. The lowest BCUT2D eigenvalue weighted by atomic mass is 9.83. The minimum absolute atomic E-state index is 0.198. The first-order valence-electron chi connectivity index (χ1n) is 7.73. The van der Waals surface area contributed by atoms with Crippen molar-refractivity contribution < 1.29 is 0 Å². The molecule has 0 fully saturated rings. The Morgan fingerprint density at radius 1 is 0.727 bits per heavy atom. The van der Waals surface area contributed by atoms with Gasteiger partial charge in [0.15, 0.2) is 0 Å². The van der Waals surface area contributed by atoms with Crippen LogP contribution >= 0.6 is 11.3 Å². The van der Waals surface area contributed by atoms with Gasteiger partial charge in [0.25, 0.3) is 0 Å². The van der Waals surface area contributed by atoms with E-state index in [0.29, 0.717) is 5.92 Å². The molecule has 0 spiro atoms. The van der Waals surface area contributed by atoms with Gasteiger partial charge in [-0.1, -0.05) is 75.4 Å². The van der Waals surface area contributed by atoms with Crippen LogP contribution in [0.5, 0.6) is 0 Å². The third kappa shape index (κ3) is 3.15. The lowest BCUT2D eigenvalue weighted by Gasteiger charge is -2.22. The van der Waals surface area contributed by atoms with Crippen LogP contribution in [0, 0.1) is 0 Å². The molecule has 0 saturated heterocycles. The monoisotopic (exact) mass is 306 g/mol. The minimum atomic E-state index is 0.198. The normalized spacial score (nSPS) is 13.0. The number of benzene rings is 2. The van der Waals surface area contributed by atoms with Crippen LogP contribution in [-0.4, -0.2) is 0 Å². The number of thiophene rings is 1. The molecule has 1 atom stereocenters. The molecule has 0 saturated carbocycles. The molecule has 1 aromatic heterocycles. The second kappa shape index (κ2) is 6.10. The molecular formula is C21H22S. The third-order valence-electron chi connectivity index (χ3n) is 4.12. The minimum Gasteiger partial charge on any atom is -0.152 e. The SMILES string of the molecule is CC(C)(C)c1ccc(C(c2ccccc2)c2ccsc2)cc1. The van der Waals surface area contributed by atoms with E-state index in [2.05, 4.69) is 92.2 Å². The highest BCUT2D eigenvalue weighted by Gasteiger charge is 2.18. The van der Waals surface area contributed by atoms with Gasteiger partial charge in [-0.15, -0.1) is 0 Å². The first-order valence-corrected chi connectivity index (χ1v) is 8.67. The predicted molar refractivity (Wildman–Crippen MR) is 96.8 cm³/mol. The van der Waals surface area contributed by atoms with Crippen molar-refractivity contribution in [3.63, 3.8) is 0 Å². The molecule has 0 amide bonds. The zero-order valence-corrected chi connectivity index (χ0v) is 14.2. The molecular weight excluding hydrogens is 284 g/mol. The Labute approximate surface area is 137 Å². The molecule has 0 aliphatic heterocycles. The standard InChI is InChI=1S/C21H22S/c1-21(2,3)19-11-9-17(10-12-19)20(18-13-14-22-15-18)16-7-5-4-6-8-16/h4-15,20H,1-3H3. The molecule has 1 heterocycles. The summed E-state index contributed by atoms with van der Waals surface area (Å²) in [7, 11) is 0. The van der Waals surface area contributed by atoms with E-state index in [9.17, 15) is 0 Å². The Kier molecular flexibility index (Phi) is 4.17. The quantitative estimate of drug-likeness (QED) is 0.538. The third-order valence-corrected chi connectivity index (χ3v) is 4.82. The van der Waals surface area contributed by atoms with Crippen LogP contribution in [0.25, 0.3) is 0 Å². The van der Waals surface area contributed by atoms with Crippen LogP contribution in [0.3, 0.4) is 0 Å². The van der Waals surface area contributed by atoms with Crippen molar-refractivity contribution >= 4 is 11.3 Å². The Hall–Kier alpha value is -1.86. The second-order valence-electron chi connectivity index (χ2n) is 6.77. The van der Waals surface area contributed by atoms with Crippen LogP contribution in [0.2, 0.25) is 0 Å². The van der Waals surface area contributed by atoms with Gasteiger partial charge in [-0.05, 0) is 44.5 Å². The van der Waals surface area contributed by atoms with E-state index in [0.717, 1.165) is 0 Å². The second-order valence-corrected chi connectivity index (χ2v) is 7.55. The largest absolute Gasteiger partial charge is 0.152 e. The molecule has 0 bridgehead atoms. The Morgan fingerprint density at radius 2 is 1.36 bits per heavy atom. The van der Waals surface area contributed by atoms with Crippen LogP contribution in [0.4, 0.5) is 0 Å². The molecule has 3 aromatic rings. The van der Waals surface area contributed by atoms with Crippen molar-refractivity contribution in [1.29, 1.82) is 0 Å². The smallest absolute Gasteiger partial charge is 0.0348 e. The summed E-state index contributed by atoms with van der Waals surface area (Å²) in [6.45, 7) is 6.78. The molecule has 1 unspecified atom stereocenters. The predicted octanol–water partition coefficient (Wildman–Crippen LogP) is 6.23. The average molecular weight is 306 g/mol. The van der Waals surface area contributed by atoms with Gasteiger partial charge in [0.2, 0.25) is 0 Å². The lowest BCUT2D eigenvalue weighted by molar-refractivity contribution is 0.590. The van der Waals surface area contributed by atoms with Crippen molar-refractivity contribution in [2.24, 2.45) is 0 Å². The van der Waals surface area contributed by atoms with Gasteiger partial charge in [-0.2, -0.15) is 11.3 Å². The first kappa shape index (κ1) is 15.1. The maximum atomic E-state index is 2.29. The molecule has 0 radical (unpaired) electrons. The maximum absolute atomic E-state index is 2.29. The highest BCUT2D eigenvalue weighted by atomic mass is 32.1. The van der Waals surface area contributed by atoms with Crippen molar-refractivity contribution in [1.82, 2.24) is 0 Å². The van der Waals surface area contributed by atoms with Crippen molar-refractivity contribution in [2.45, 2.75) is 32.1 Å². The van der Waals surface area contributed by atoms with Crippen molar-refractivity contribution in [2.75, 3.05) is 0 Å². The van der Waals surface area contributed by atoms with E-state index in [1.165, 1.54) is 22.3 Å². The van der Waals surface area contributed by atoms with Crippen LogP contribution in [0.1, 0.15) is 48.9 Å². The molecule has 1 heteroatoms. The van der Waals surface area contributed by atoms with E-state index >= 15 is 0 Å². The van der Waals surface area contributed by atoms with E-state index in [4.69, 9.17) is 0 Å². The lowest BCUT2D eigenvalue weighted by Crippen LogP contribution is -2.11. The van der Waals surface area contributed by atoms with E-state index in [1.54, 1.807) is 11.3 Å². The Morgan fingerprint density at radius 3 is 1.91 bits per heavy atom. The van der Waals surface area contributed by atoms with Crippen LogP contribution in [-0.2, 0) is 5.41 Å². The molecule has 22 heavy (non-hydrogen) atoms. The van der Waals surface area contributed by atoms with E-state index < -0.39 is 0 Å². The van der Waals surface area contributed by atoms with Crippen molar-refractivity contribution in [3.8, 4) is 0 Å². The molecule has 3 rings (SSSR count). The van der Waals surface area contributed by atoms with Gasteiger partial charge >= 0.3 is 0 Å². The van der Waals surface area contributed by atoms with E-state index in [-0.39, 0.29) is 5.41 Å². The fourth-order valence-electron chi connectivity index (χ4n) is 2.84. The van der Waals surface area contributed by atoms with E-state index in [1.807, 2.05) is 0 Å². The molecule has 112 valence electrons. The number of hydrogen-bond donors (Lipinski definition) is 0. The van der Waals surface area contributed by atoms with Gasteiger partial charge in [-0.25, -0.2) is 0 Å². The topological polar surface area (TPSA) is 0 Å². The summed E-state index contributed by atoms with van der Waals surface area (Å²) in [4.78, 5) is 0. The summed E-state index contributed by atoms with van der Waals surface area (Å²) < 4.78 is 0. The molecule has 0 aliphatic rings. The first-order chi connectivity index (χ1) is 10.6. The highest BCUT2D eigenvalue weighted by molar-refractivity contribution is 7.08. The zero-order valence-electron chi connectivity index (χ0n) is 13.4.